The number of carboxylic acid groups (broad SMARTS) is 1. The first-order chi connectivity index (χ1) is 12.8. The Balaban J connectivity index is 2.47. The summed E-state index contributed by atoms with van der Waals surface area (Å²) in [4.78, 5) is 36.8. The van der Waals surface area contributed by atoms with Gasteiger partial charge < -0.3 is 14.7 Å². The van der Waals surface area contributed by atoms with Crippen molar-refractivity contribution >= 4 is 17.5 Å². The predicted molar refractivity (Wildman–Crippen MR) is 101 cm³/mol. The van der Waals surface area contributed by atoms with E-state index in [1.165, 1.54) is 7.11 Å². The van der Waals surface area contributed by atoms with Crippen molar-refractivity contribution in [1.82, 2.24) is 4.90 Å². The van der Waals surface area contributed by atoms with Crippen molar-refractivity contribution in [3.63, 3.8) is 0 Å². The van der Waals surface area contributed by atoms with Crippen molar-refractivity contribution in [2.45, 2.75) is 19.4 Å². The highest BCUT2D eigenvalue weighted by molar-refractivity contribution is 6.37. The Morgan fingerprint density at radius 3 is 2.26 bits per heavy atom. The lowest BCUT2D eigenvalue weighted by molar-refractivity contribution is -0.148. The van der Waals surface area contributed by atoms with Crippen LogP contribution in [0.1, 0.15) is 33.5 Å². The number of ketones is 2. The third kappa shape index (κ3) is 5.49. The molecule has 0 fully saturated rings. The monoisotopic (exact) mass is 369 g/mol. The lowest BCUT2D eigenvalue weighted by Crippen LogP contribution is -2.19. The van der Waals surface area contributed by atoms with E-state index < -0.39 is 24.0 Å². The standard InChI is InChI=1S/C21H23NO5/c1-22(2)13-16-10-15(9-14-7-5-4-6-8-14)11-17(20(16)27-3)18(23)12-19(24)21(25)26/h4-8,10-11H,9,12-13H2,1-3H3,(H,25,26). The minimum absolute atomic E-state index is 0.234. The van der Waals surface area contributed by atoms with Gasteiger partial charge in [-0.1, -0.05) is 36.4 Å². The molecule has 0 unspecified atom stereocenters. The summed E-state index contributed by atoms with van der Waals surface area (Å²) in [6.07, 6.45) is -0.0830. The molecule has 2 aromatic rings. The summed E-state index contributed by atoms with van der Waals surface area (Å²) in [5.41, 5.74) is 3.02. The van der Waals surface area contributed by atoms with E-state index in [9.17, 15) is 14.4 Å². The molecular formula is C21H23NO5. The number of aliphatic carboxylic acids is 1. The van der Waals surface area contributed by atoms with Crippen LogP contribution in [0, 0.1) is 0 Å². The zero-order valence-electron chi connectivity index (χ0n) is 15.7. The number of ether oxygens (including phenoxy) is 1. The van der Waals surface area contributed by atoms with Crippen molar-refractivity contribution in [3.8, 4) is 5.75 Å². The van der Waals surface area contributed by atoms with Gasteiger partial charge in [0, 0.05) is 12.1 Å². The Bertz CT molecular complexity index is 843. The Morgan fingerprint density at radius 1 is 1.04 bits per heavy atom. The lowest BCUT2D eigenvalue weighted by atomic mass is 9.95. The number of hydrogen-bond donors (Lipinski definition) is 1. The van der Waals surface area contributed by atoms with Crippen LogP contribution in [-0.4, -0.2) is 48.7 Å². The highest BCUT2D eigenvalue weighted by Gasteiger charge is 2.23. The molecule has 0 amide bonds. The van der Waals surface area contributed by atoms with Gasteiger partial charge in [0.25, 0.3) is 0 Å². The first-order valence-electron chi connectivity index (χ1n) is 8.49. The summed E-state index contributed by atoms with van der Waals surface area (Å²) < 4.78 is 5.44. The molecule has 0 radical (unpaired) electrons. The largest absolute Gasteiger partial charge is 0.496 e. The topological polar surface area (TPSA) is 83.9 Å². The van der Waals surface area contributed by atoms with Gasteiger partial charge in [-0.15, -0.1) is 0 Å². The van der Waals surface area contributed by atoms with E-state index in [2.05, 4.69) is 0 Å². The van der Waals surface area contributed by atoms with Crippen LogP contribution in [0.5, 0.6) is 5.75 Å². The van der Waals surface area contributed by atoms with Gasteiger partial charge in [0.05, 0.1) is 19.1 Å². The van der Waals surface area contributed by atoms with E-state index in [1.54, 1.807) is 6.07 Å². The van der Waals surface area contributed by atoms with Gasteiger partial charge in [-0.3, -0.25) is 9.59 Å². The molecule has 0 saturated heterocycles. The summed E-state index contributed by atoms with van der Waals surface area (Å²) in [6, 6.07) is 13.5. The molecule has 27 heavy (non-hydrogen) atoms. The summed E-state index contributed by atoms with van der Waals surface area (Å²) in [5, 5.41) is 8.79. The van der Waals surface area contributed by atoms with E-state index in [0.717, 1.165) is 16.7 Å². The molecule has 142 valence electrons. The van der Waals surface area contributed by atoms with Gasteiger partial charge in [-0.2, -0.15) is 0 Å². The number of Topliss-reactive ketones (excluding diaryl/α,β-unsaturated/α-hetero) is 2. The number of nitrogens with zero attached hydrogens (tertiary/aromatic N) is 1. The van der Waals surface area contributed by atoms with Gasteiger partial charge in [-0.05, 0) is 37.7 Å². The van der Waals surface area contributed by atoms with Crippen LogP contribution < -0.4 is 4.74 Å². The second-order valence-electron chi connectivity index (χ2n) is 6.56. The Morgan fingerprint density at radius 2 is 1.70 bits per heavy atom. The predicted octanol–water partition coefficient (Wildman–Crippen LogP) is 2.57. The molecule has 0 bridgehead atoms. The van der Waals surface area contributed by atoms with Crippen LogP contribution >= 0.6 is 0 Å². The smallest absolute Gasteiger partial charge is 0.372 e. The Kier molecular flexibility index (Phi) is 6.85. The lowest BCUT2D eigenvalue weighted by Gasteiger charge is -2.18. The zero-order chi connectivity index (χ0) is 20.0. The van der Waals surface area contributed by atoms with Crippen molar-refractivity contribution in [1.29, 1.82) is 0 Å². The van der Waals surface area contributed by atoms with Crippen LogP contribution in [0.15, 0.2) is 42.5 Å². The van der Waals surface area contributed by atoms with Crippen molar-refractivity contribution in [2.75, 3.05) is 21.2 Å². The first-order valence-corrected chi connectivity index (χ1v) is 8.49. The second kappa shape index (κ2) is 9.09. The number of methoxy groups -OCH3 is 1. The molecule has 0 spiro atoms. The maximum atomic E-state index is 12.6. The fourth-order valence-corrected chi connectivity index (χ4v) is 2.91. The maximum absolute atomic E-state index is 12.6. The fourth-order valence-electron chi connectivity index (χ4n) is 2.91. The molecular weight excluding hydrogens is 346 g/mol. The third-order valence-electron chi connectivity index (χ3n) is 4.03. The molecule has 1 N–H and O–H groups in total. The highest BCUT2D eigenvalue weighted by atomic mass is 16.5. The van der Waals surface area contributed by atoms with Crippen LogP contribution in [0.2, 0.25) is 0 Å². The summed E-state index contributed by atoms with van der Waals surface area (Å²) in [7, 11) is 5.26. The number of carbonyl (C=O) groups is 3. The molecule has 0 aliphatic rings. The van der Waals surface area contributed by atoms with Gasteiger partial charge in [0.15, 0.2) is 5.78 Å². The fraction of sp³-hybridized carbons (Fsp3) is 0.286. The maximum Gasteiger partial charge on any atom is 0.372 e. The van der Waals surface area contributed by atoms with Crippen LogP contribution in [0.4, 0.5) is 0 Å². The zero-order valence-corrected chi connectivity index (χ0v) is 15.7. The first kappa shape index (κ1) is 20.3. The Hall–Kier alpha value is -2.99. The van der Waals surface area contributed by atoms with Gasteiger partial charge in [0.2, 0.25) is 5.78 Å². The number of benzene rings is 2. The van der Waals surface area contributed by atoms with Crippen molar-refractivity contribution in [2.24, 2.45) is 0 Å². The third-order valence-corrected chi connectivity index (χ3v) is 4.03. The van der Waals surface area contributed by atoms with E-state index in [0.29, 0.717) is 18.7 Å². The highest BCUT2D eigenvalue weighted by Crippen LogP contribution is 2.29. The quantitative estimate of drug-likeness (QED) is 0.415. The van der Waals surface area contributed by atoms with E-state index >= 15 is 0 Å². The minimum Gasteiger partial charge on any atom is -0.496 e. The minimum atomic E-state index is -1.61. The molecule has 0 aliphatic carbocycles. The van der Waals surface area contributed by atoms with Crippen LogP contribution in [0.3, 0.4) is 0 Å². The average molecular weight is 369 g/mol. The average Bonchev–Trinajstić information content (AvgIpc) is 2.61. The van der Waals surface area contributed by atoms with E-state index in [-0.39, 0.29) is 5.56 Å². The van der Waals surface area contributed by atoms with Crippen molar-refractivity contribution < 1.29 is 24.2 Å². The second-order valence-corrected chi connectivity index (χ2v) is 6.56. The molecule has 6 heteroatoms. The van der Waals surface area contributed by atoms with Crippen LogP contribution in [-0.2, 0) is 22.6 Å². The summed E-state index contributed by atoms with van der Waals surface area (Å²) >= 11 is 0. The molecule has 2 aromatic carbocycles. The van der Waals surface area contributed by atoms with Gasteiger partial charge >= 0.3 is 5.97 Å². The van der Waals surface area contributed by atoms with Crippen molar-refractivity contribution in [3.05, 3.63) is 64.7 Å². The normalized spacial score (nSPS) is 10.7. The number of carboxylic acids is 1. The van der Waals surface area contributed by atoms with Gasteiger partial charge in [-0.25, -0.2) is 4.79 Å². The SMILES string of the molecule is COc1c(CN(C)C)cc(Cc2ccccc2)cc1C(=O)CC(=O)C(=O)O. The van der Waals surface area contributed by atoms with E-state index in [4.69, 9.17) is 9.84 Å². The van der Waals surface area contributed by atoms with E-state index in [1.807, 2.05) is 55.4 Å². The van der Waals surface area contributed by atoms with Gasteiger partial charge in [0.1, 0.15) is 5.75 Å². The summed E-state index contributed by atoms with van der Waals surface area (Å²) in [5.74, 6) is -2.93. The molecule has 0 saturated carbocycles. The molecule has 0 aromatic heterocycles. The van der Waals surface area contributed by atoms with Crippen LogP contribution in [0.25, 0.3) is 0 Å². The number of carbonyl (C=O) groups excluding carboxylic acids is 2. The molecule has 0 aliphatic heterocycles. The Labute approximate surface area is 158 Å². The summed E-state index contributed by atoms with van der Waals surface area (Å²) in [6.45, 7) is 0.541. The molecule has 0 atom stereocenters. The molecule has 0 heterocycles. The number of rotatable bonds is 9. The molecule has 6 nitrogen and oxygen atoms in total. The molecule has 2 rings (SSSR count). The number of hydrogen-bond acceptors (Lipinski definition) is 5.